The van der Waals surface area contributed by atoms with Crippen LogP contribution in [0.4, 0.5) is 5.82 Å². The van der Waals surface area contributed by atoms with Gasteiger partial charge in [-0.3, -0.25) is 5.69 Å². The van der Waals surface area contributed by atoms with Crippen molar-refractivity contribution >= 4 is 5.82 Å². The van der Waals surface area contributed by atoms with E-state index in [1.54, 1.807) is 0 Å². The summed E-state index contributed by atoms with van der Waals surface area (Å²) in [6.07, 6.45) is 3.47. The first-order chi connectivity index (χ1) is 7.69. The Morgan fingerprint density at radius 2 is 2.06 bits per heavy atom. The Labute approximate surface area is 132 Å². The van der Waals surface area contributed by atoms with E-state index >= 15 is 0 Å². The fourth-order valence-corrected chi connectivity index (χ4v) is 2.06. The van der Waals surface area contributed by atoms with Crippen LogP contribution in [-0.2, 0) is 39.0 Å². The minimum atomic E-state index is -0.436. The van der Waals surface area contributed by atoms with Crippen molar-refractivity contribution in [1.82, 2.24) is 9.97 Å². The van der Waals surface area contributed by atoms with E-state index < -0.39 is 6.10 Å². The van der Waals surface area contributed by atoms with E-state index in [-0.39, 0.29) is 57.5 Å². The van der Waals surface area contributed by atoms with Crippen LogP contribution in [0.1, 0.15) is 18.5 Å². The number of aliphatic hydroxyl groups excluding tert-OH is 2. The summed E-state index contributed by atoms with van der Waals surface area (Å²) in [7, 11) is 0. The molecule has 3 atom stereocenters. The zero-order valence-electron chi connectivity index (χ0n) is 9.81. The molecule has 2 rings (SSSR count). The number of aryl methyl sites for hydroxylation is 1. The molecule has 1 fully saturated rings. The third kappa shape index (κ3) is 4.62. The SMILES string of the molecule is Cc1[c-]c(N[C@@H]2C[C@@H](CO)[C@@H](O)C2)n[c-]n1.[Rh].[Rh]. The van der Waals surface area contributed by atoms with Gasteiger partial charge in [0.1, 0.15) is 0 Å². The van der Waals surface area contributed by atoms with Gasteiger partial charge < -0.3 is 31.6 Å². The van der Waals surface area contributed by atoms with Crippen LogP contribution in [0.15, 0.2) is 0 Å². The number of hydrogen-bond acceptors (Lipinski definition) is 5. The van der Waals surface area contributed by atoms with Crippen molar-refractivity contribution < 1.29 is 49.2 Å². The molecule has 3 N–H and O–H groups in total. The number of anilines is 1. The number of rotatable bonds is 3. The zero-order chi connectivity index (χ0) is 11.5. The summed E-state index contributed by atoms with van der Waals surface area (Å²) in [5, 5.41) is 21.8. The Morgan fingerprint density at radius 3 is 2.61 bits per heavy atom. The molecular weight excluding hydrogens is 412 g/mol. The molecule has 0 bridgehead atoms. The smallest absolute Gasteiger partial charge is 0.0610 e. The van der Waals surface area contributed by atoms with Crippen LogP contribution < -0.4 is 5.32 Å². The van der Waals surface area contributed by atoms with Gasteiger partial charge in [0.15, 0.2) is 0 Å². The summed E-state index contributed by atoms with van der Waals surface area (Å²) in [6, 6.07) is 3.10. The van der Waals surface area contributed by atoms with Gasteiger partial charge in [-0.2, -0.15) is 5.82 Å². The van der Waals surface area contributed by atoms with Gasteiger partial charge in [-0.25, -0.2) is 0 Å². The standard InChI is InChI=1S/C11H15N3O2.2Rh/c1-7-2-11(13-6-12-7)14-9-3-8(5-15)10(16)4-9;;/h8-10,15-16H,3-5H2,1H3,(H,12,13,14);;/q-2;;/t8-,9+,10-;;/m0../s1. The van der Waals surface area contributed by atoms with Crippen LogP contribution in [0.3, 0.4) is 0 Å². The van der Waals surface area contributed by atoms with Crippen molar-refractivity contribution in [3.8, 4) is 0 Å². The van der Waals surface area contributed by atoms with Crippen molar-refractivity contribution in [2.75, 3.05) is 11.9 Å². The van der Waals surface area contributed by atoms with Crippen molar-refractivity contribution in [3.05, 3.63) is 18.1 Å². The zero-order valence-corrected chi connectivity index (χ0v) is 13.1. The predicted molar refractivity (Wildman–Crippen MR) is 57.7 cm³/mol. The molecule has 0 aromatic carbocycles. The van der Waals surface area contributed by atoms with Crippen LogP contribution in [0, 0.1) is 25.2 Å². The minimum Gasteiger partial charge on any atom is -0.550 e. The molecule has 18 heavy (non-hydrogen) atoms. The third-order valence-corrected chi connectivity index (χ3v) is 2.91. The van der Waals surface area contributed by atoms with E-state index in [1.165, 1.54) is 0 Å². The molecule has 0 spiro atoms. The Balaban J connectivity index is 0.00000144. The van der Waals surface area contributed by atoms with Crippen LogP contribution >= 0.6 is 0 Å². The molecule has 5 nitrogen and oxygen atoms in total. The average molecular weight is 427 g/mol. The van der Waals surface area contributed by atoms with Gasteiger partial charge >= 0.3 is 0 Å². The van der Waals surface area contributed by atoms with E-state index in [0.29, 0.717) is 12.2 Å². The number of nitrogens with one attached hydrogen (secondary N) is 1. The molecule has 1 aromatic heterocycles. The van der Waals surface area contributed by atoms with Crippen LogP contribution in [0.2, 0.25) is 0 Å². The number of hydrogen-bond donors (Lipinski definition) is 3. The first-order valence-corrected chi connectivity index (χ1v) is 5.38. The summed E-state index contributed by atoms with van der Waals surface area (Å²) in [6.45, 7) is 1.85. The number of aliphatic hydroxyl groups is 2. The molecule has 1 aromatic rings. The van der Waals surface area contributed by atoms with Gasteiger partial charge in [0, 0.05) is 63.8 Å². The van der Waals surface area contributed by atoms with E-state index in [1.807, 2.05) is 6.92 Å². The van der Waals surface area contributed by atoms with E-state index in [4.69, 9.17) is 5.11 Å². The van der Waals surface area contributed by atoms with Gasteiger partial charge in [0.05, 0.1) is 6.10 Å². The second-order valence-electron chi connectivity index (χ2n) is 4.21. The van der Waals surface area contributed by atoms with Gasteiger partial charge in [-0.05, 0) is 12.8 Å². The average Bonchev–Trinajstić information content (AvgIpc) is 2.58. The normalized spacial score (nSPS) is 26.1. The third-order valence-electron chi connectivity index (χ3n) is 2.91. The maximum Gasteiger partial charge on any atom is 0.0610 e. The Morgan fingerprint density at radius 1 is 1.33 bits per heavy atom. The molecule has 1 saturated carbocycles. The van der Waals surface area contributed by atoms with E-state index in [9.17, 15) is 5.11 Å². The summed E-state index contributed by atoms with van der Waals surface area (Å²) in [5.41, 5.74) is 0.731. The van der Waals surface area contributed by atoms with Gasteiger partial charge in [0.25, 0.3) is 0 Å². The topological polar surface area (TPSA) is 78.3 Å². The fraction of sp³-hybridized carbons (Fsp3) is 0.636. The first-order valence-electron chi connectivity index (χ1n) is 5.38. The van der Waals surface area contributed by atoms with Crippen LogP contribution in [-0.4, -0.2) is 38.9 Å². The molecule has 1 aliphatic carbocycles. The molecule has 0 amide bonds. The predicted octanol–water partition coefficient (Wildman–Crippen LogP) is -0.0759. The number of nitrogens with zero attached hydrogens (tertiary/aromatic N) is 2. The Hall–Kier alpha value is 0.0468. The largest absolute Gasteiger partial charge is 0.550 e. The monoisotopic (exact) mass is 427 g/mol. The van der Waals surface area contributed by atoms with E-state index in [2.05, 4.69) is 27.7 Å². The molecule has 0 aliphatic heterocycles. The van der Waals surface area contributed by atoms with Crippen molar-refractivity contribution in [3.63, 3.8) is 0 Å². The molecule has 106 valence electrons. The molecule has 7 heteroatoms. The first kappa shape index (κ1) is 18.0. The van der Waals surface area contributed by atoms with Gasteiger partial charge in [0.2, 0.25) is 0 Å². The fourth-order valence-electron chi connectivity index (χ4n) is 2.06. The second-order valence-corrected chi connectivity index (χ2v) is 4.21. The maximum atomic E-state index is 9.64. The molecule has 0 unspecified atom stereocenters. The molecule has 0 saturated heterocycles. The Kier molecular flexibility index (Phi) is 8.29. The van der Waals surface area contributed by atoms with Crippen molar-refractivity contribution in [1.29, 1.82) is 0 Å². The molecule has 1 heterocycles. The second kappa shape index (κ2) is 8.26. The quantitative estimate of drug-likeness (QED) is 0.465. The van der Waals surface area contributed by atoms with E-state index in [0.717, 1.165) is 12.1 Å². The van der Waals surface area contributed by atoms with Gasteiger partial charge in [-0.15, -0.1) is 6.92 Å². The van der Waals surface area contributed by atoms with Crippen molar-refractivity contribution in [2.45, 2.75) is 31.9 Å². The van der Waals surface area contributed by atoms with Crippen LogP contribution in [0.25, 0.3) is 0 Å². The minimum absolute atomic E-state index is 0. The summed E-state index contributed by atoms with van der Waals surface area (Å²) in [5.74, 6) is 0.563. The molecule has 2 radical (unpaired) electrons. The summed E-state index contributed by atoms with van der Waals surface area (Å²) in [4.78, 5) is 7.77. The van der Waals surface area contributed by atoms with Crippen LogP contribution in [0.5, 0.6) is 0 Å². The molecular formula is C11H15N3O2Rh2-2. The summed E-state index contributed by atoms with van der Waals surface area (Å²) >= 11 is 0. The summed E-state index contributed by atoms with van der Waals surface area (Å²) < 4.78 is 0. The van der Waals surface area contributed by atoms with Gasteiger partial charge in [-0.1, -0.05) is 0 Å². The Bertz CT molecular complexity index is 368. The number of aromatic nitrogens is 2. The molecule has 1 aliphatic rings. The maximum absolute atomic E-state index is 9.64. The van der Waals surface area contributed by atoms with Crippen molar-refractivity contribution in [2.24, 2.45) is 5.92 Å².